The van der Waals surface area contributed by atoms with E-state index >= 15 is 0 Å². The van der Waals surface area contributed by atoms with Gasteiger partial charge in [0.25, 0.3) is 0 Å². The highest BCUT2D eigenvalue weighted by atomic mass is 16.3. The van der Waals surface area contributed by atoms with E-state index in [0.29, 0.717) is 12.3 Å². The summed E-state index contributed by atoms with van der Waals surface area (Å²) in [5.74, 6) is 0.582. The van der Waals surface area contributed by atoms with E-state index in [0.717, 1.165) is 29.3 Å². The lowest BCUT2D eigenvalue weighted by molar-refractivity contribution is -0.121. The van der Waals surface area contributed by atoms with Gasteiger partial charge in [0.2, 0.25) is 5.91 Å². The van der Waals surface area contributed by atoms with E-state index in [1.807, 2.05) is 31.3 Å². The van der Waals surface area contributed by atoms with Crippen molar-refractivity contribution in [1.29, 1.82) is 0 Å². The summed E-state index contributed by atoms with van der Waals surface area (Å²) in [5.41, 5.74) is 0.965. The average Bonchev–Trinajstić information content (AvgIpc) is 2.94. The number of nitrogens with zero attached hydrogens (tertiary/aromatic N) is 1. The third kappa shape index (κ3) is 2.26. The molecule has 0 heterocycles. The molecule has 2 aromatic rings. The fourth-order valence-corrected chi connectivity index (χ4v) is 5.76. The van der Waals surface area contributed by atoms with Gasteiger partial charge in [-0.05, 0) is 47.0 Å². The summed E-state index contributed by atoms with van der Waals surface area (Å²) in [5, 5.41) is 13.2. The van der Waals surface area contributed by atoms with Gasteiger partial charge in [-0.15, -0.1) is 0 Å². The molecule has 0 radical (unpaired) electrons. The van der Waals surface area contributed by atoms with Gasteiger partial charge in [-0.1, -0.05) is 57.2 Å². The predicted octanol–water partition coefficient (Wildman–Crippen LogP) is 4.63. The van der Waals surface area contributed by atoms with Crippen LogP contribution in [0.1, 0.15) is 40.0 Å². The average molecular weight is 351 g/mol. The molecule has 0 saturated heterocycles. The van der Waals surface area contributed by atoms with Crippen molar-refractivity contribution in [2.75, 3.05) is 11.9 Å². The van der Waals surface area contributed by atoms with Crippen LogP contribution in [-0.2, 0) is 4.79 Å². The van der Waals surface area contributed by atoms with Crippen LogP contribution in [0.3, 0.4) is 0 Å². The molecule has 4 atom stereocenters. The summed E-state index contributed by atoms with van der Waals surface area (Å²) in [6.45, 7) is 6.75. The number of carbonyl (C=O) groups excluding carboxylic acids is 1. The number of anilines is 1. The molecule has 0 aromatic heterocycles. The predicted molar refractivity (Wildman–Crippen MR) is 106 cm³/mol. The minimum absolute atomic E-state index is 0.0636. The second-order valence-corrected chi connectivity index (χ2v) is 9.05. The largest absolute Gasteiger partial charge is 0.392 e. The van der Waals surface area contributed by atoms with Crippen LogP contribution in [0.2, 0.25) is 0 Å². The van der Waals surface area contributed by atoms with E-state index in [4.69, 9.17) is 0 Å². The van der Waals surface area contributed by atoms with Gasteiger partial charge in [-0.3, -0.25) is 4.79 Å². The zero-order valence-electron chi connectivity index (χ0n) is 16.2. The molecule has 1 amide bonds. The molecule has 0 unspecified atom stereocenters. The van der Waals surface area contributed by atoms with E-state index in [9.17, 15) is 9.90 Å². The molecule has 2 aliphatic carbocycles. The van der Waals surface area contributed by atoms with Crippen molar-refractivity contribution >= 4 is 22.4 Å². The van der Waals surface area contributed by atoms with Gasteiger partial charge in [0.1, 0.15) is 0 Å². The van der Waals surface area contributed by atoms with Crippen molar-refractivity contribution in [3.05, 3.63) is 42.5 Å². The van der Waals surface area contributed by atoms with Gasteiger partial charge in [0, 0.05) is 18.9 Å². The maximum absolute atomic E-state index is 13.1. The molecule has 2 saturated carbocycles. The van der Waals surface area contributed by atoms with Gasteiger partial charge in [0.05, 0.1) is 11.8 Å². The standard InChI is InChI=1S/C23H29NO2/c1-22(2)18-12-13-23(22,3)21(26)17(18)14-20(25)24(4)19-11-7-9-15-8-5-6-10-16(15)19/h5-11,17-18,21,26H,12-14H2,1-4H3/t17-,18-,21-,23+/m1/s1. The maximum atomic E-state index is 13.1. The van der Waals surface area contributed by atoms with Crippen LogP contribution in [0.15, 0.2) is 42.5 Å². The molecule has 1 N–H and O–H groups in total. The fraction of sp³-hybridized carbons (Fsp3) is 0.522. The molecule has 2 aliphatic rings. The smallest absolute Gasteiger partial charge is 0.227 e. The van der Waals surface area contributed by atoms with E-state index < -0.39 is 0 Å². The van der Waals surface area contributed by atoms with E-state index in [2.05, 4.69) is 39.0 Å². The van der Waals surface area contributed by atoms with Gasteiger partial charge in [-0.2, -0.15) is 0 Å². The number of aliphatic hydroxyl groups excluding tert-OH is 1. The Labute approximate surface area is 156 Å². The van der Waals surface area contributed by atoms with Crippen molar-refractivity contribution < 1.29 is 9.90 Å². The van der Waals surface area contributed by atoms with Gasteiger partial charge >= 0.3 is 0 Å². The zero-order valence-corrected chi connectivity index (χ0v) is 16.2. The maximum Gasteiger partial charge on any atom is 0.227 e. The van der Waals surface area contributed by atoms with Crippen LogP contribution in [0, 0.1) is 22.7 Å². The van der Waals surface area contributed by atoms with Crippen LogP contribution >= 0.6 is 0 Å². The zero-order chi connectivity index (χ0) is 18.7. The van der Waals surface area contributed by atoms with Gasteiger partial charge in [0.15, 0.2) is 0 Å². The summed E-state index contributed by atoms with van der Waals surface area (Å²) >= 11 is 0. The Morgan fingerprint density at radius 2 is 1.85 bits per heavy atom. The summed E-state index contributed by atoms with van der Waals surface area (Å²) in [6.07, 6.45) is 2.22. The topological polar surface area (TPSA) is 40.5 Å². The van der Waals surface area contributed by atoms with Gasteiger partial charge in [-0.25, -0.2) is 0 Å². The second-order valence-electron chi connectivity index (χ2n) is 9.05. The fourth-order valence-electron chi connectivity index (χ4n) is 5.76. The second kappa shape index (κ2) is 5.82. The van der Waals surface area contributed by atoms with Gasteiger partial charge < -0.3 is 10.0 Å². The minimum atomic E-state index is -0.388. The molecule has 3 heteroatoms. The Balaban J connectivity index is 1.59. The molecule has 2 bridgehead atoms. The molecule has 3 nitrogen and oxygen atoms in total. The first-order valence-corrected chi connectivity index (χ1v) is 9.70. The summed E-state index contributed by atoms with van der Waals surface area (Å²) in [4.78, 5) is 14.9. The van der Waals surface area contributed by atoms with Crippen LogP contribution < -0.4 is 4.90 Å². The minimum Gasteiger partial charge on any atom is -0.392 e. The lowest BCUT2D eigenvalue weighted by Gasteiger charge is -2.37. The molecule has 138 valence electrons. The number of amides is 1. The van der Waals surface area contributed by atoms with Crippen LogP contribution in [-0.4, -0.2) is 24.2 Å². The number of carbonyl (C=O) groups is 1. The van der Waals surface area contributed by atoms with Crippen molar-refractivity contribution in [3.8, 4) is 0 Å². The lowest BCUT2D eigenvalue weighted by Crippen LogP contribution is -2.39. The summed E-state index contributed by atoms with van der Waals surface area (Å²) in [6, 6.07) is 14.2. The molecule has 0 spiro atoms. The SMILES string of the molecule is CN(C(=O)C[C@@H]1[C@H]2CC[C@@](C)([C@@H]1O)C2(C)C)c1cccc2ccccc12. The molecular weight excluding hydrogens is 322 g/mol. The highest BCUT2D eigenvalue weighted by molar-refractivity contribution is 6.03. The Bertz CT molecular complexity index is 853. The molecule has 26 heavy (non-hydrogen) atoms. The van der Waals surface area contributed by atoms with Crippen molar-refractivity contribution in [2.45, 2.75) is 46.1 Å². The quantitative estimate of drug-likeness (QED) is 0.876. The van der Waals surface area contributed by atoms with Crippen molar-refractivity contribution in [2.24, 2.45) is 22.7 Å². The number of aliphatic hydroxyl groups is 1. The number of benzene rings is 2. The highest BCUT2D eigenvalue weighted by Gasteiger charge is 2.65. The monoisotopic (exact) mass is 351 g/mol. The number of hydrogen-bond donors (Lipinski definition) is 1. The van der Waals surface area contributed by atoms with Crippen LogP contribution in [0.5, 0.6) is 0 Å². The Morgan fingerprint density at radius 1 is 1.15 bits per heavy atom. The molecular formula is C23H29NO2. The molecule has 2 aromatic carbocycles. The third-order valence-corrected chi connectivity index (χ3v) is 7.86. The summed E-state index contributed by atoms with van der Waals surface area (Å²) < 4.78 is 0. The first-order chi connectivity index (χ1) is 12.3. The number of fused-ring (bicyclic) bond motifs is 3. The Morgan fingerprint density at radius 3 is 2.54 bits per heavy atom. The summed E-state index contributed by atoms with van der Waals surface area (Å²) in [7, 11) is 1.86. The van der Waals surface area contributed by atoms with E-state index in [1.165, 1.54) is 0 Å². The third-order valence-electron chi connectivity index (χ3n) is 7.86. The highest BCUT2D eigenvalue weighted by Crippen LogP contribution is 2.68. The molecule has 4 rings (SSSR count). The molecule has 2 fully saturated rings. The number of rotatable bonds is 3. The van der Waals surface area contributed by atoms with E-state index in [1.54, 1.807) is 4.90 Å². The normalized spacial score (nSPS) is 32.1. The lowest BCUT2D eigenvalue weighted by atomic mass is 9.70. The van der Waals surface area contributed by atoms with Crippen LogP contribution in [0.4, 0.5) is 5.69 Å². The van der Waals surface area contributed by atoms with Crippen molar-refractivity contribution in [1.82, 2.24) is 0 Å². The molecule has 0 aliphatic heterocycles. The van der Waals surface area contributed by atoms with E-state index in [-0.39, 0.29) is 28.8 Å². The van der Waals surface area contributed by atoms with Crippen molar-refractivity contribution in [3.63, 3.8) is 0 Å². The van der Waals surface area contributed by atoms with Crippen LogP contribution in [0.25, 0.3) is 10.8 Å². The Hall–Kier alpha value is -1.87. The first-order valence-electron chi connectivity index (χ1n) is 9.70. The first kappa shape index (κ1) is 17.5. The number of hydrogen-bond acceptors (Lipinski definition) is 2. The Kier molecular flexibility index (Phi) is 3.92.